The third kappa shape index (κ3) is 4.78. The number of anilines is 1. The van der Waals surface area contributed by atoms with Crippen LogP contribution in [-0.2, 0) is 0 Å². The van der Waals surface area contributed by atoms with E-state index in [0.29, 0.717) is 17.2 Å². The highest BCUT2D eigenvalue weighted by molar-refractivity contribution is 6.05. The van der Waals surface area contributed by atoms with E-state index in [1.165, 1.54) is 7.11 Å². The molecule has 0 saturated heterocycles. The Morgan fingerprint density at radius 3 is 2.17 bits per heavy atom. The van der Waals surface area contributed by atoms with Crippen LogP contribution in [0.5, 0.6) is 11.5 Å². The van der Waals surface area contributed by atoms with Gasteiger partial charge in [0.25, 0.3) is 17.3 Å². The van der Waals surface area contributed by atoms with Gasteiger partial charge < -0.3 is 14.8 Å². The predicted octanol–water partition coefficient (Wildman–Crippen LogP) is 4.09. The third-order valence-corrected chi connectivity index (χ3v) is 4.60. The summed E-state index contributed by atoms with van der Waals surface area (Å²) in [6.07, 6.45) is 4.15. The maximum atomic E-state index is 12.5. The molecule has 0 aromatic heterocycles. The number of amides is 1. The fourth-order valence-electron chi connectivity index (χ4n) is 3.17. The second-order valence-corrected chi connectivity index (χ2v) is 6.60. The normalized spacial score (nSPS) is 13.7. The average Bonchev–Trinajstić information content (AvgIpc) is 3.20. The van der Waals surface area contributed by atoms with E-state index in [1.807, 2.05) is 0 Å². The van der Waals surface area contributed by atoms with Crippen molar-refractivity contribution in [3.63, 3.8) is 0 Å². The standard InChI is InChI=1S/C19H19N3O7/c1-28-17-7-6-13(10-18(17)29-16-4-2-3-5-16)20-19(23)12-8-14(21(24)25)11-15(9-12)22(26)27/h6-11,16H,2-5H2,1H3,(H,20,23). The van der Waals surface area contributed by atoms with Gasteiger partial charge in [0.05, 0.1) is 34.7 Å². The molecular formula is C19H19N3O7. The molecule has 29 heavy (non-hydrogen) atoms. The number of nitro benzene ring substituents is 2. The number of hydrogen-bond donors (Lipinski definition) is 1. The molecule has 1 aliphatic rings. The van der Waals surface area contributed by atoms with Crippen LogP contribution < -0.4 is 14.8 Å². The Labute approximate surface area is 165 Å². The van der Waals surface area contributed by atoms with E-state index < -0.39 is 27.1 Å². The smallest absolute Gasteiger partial charge is 0.277 e. The van der Waals surface area contributed by atoms with Gasteiger partial charge in [-0.3, -0.25) is 25.0 Å². The van der Waals surface area contributed by atoms with Crippen LogP contribution >= 0.6 is 0 Å². The minimum absolute atomic E-state index is 0.0780. The first-order valence-electron chi connectivity index (χ1n) is 8.97. The molecule has 3 rings (SSSR count). The van der Waals surface area contributed by atoms with Crippen molar-refractivity contribution in [3.8, 4) is 11.5 Å². The van der Waals surface area contributed by atoms with Crippen LogP contribution in [0, 0.1) is 20.2 Å². The molecule has 0 atom stereocenters. The minimum atomic E-state index is -0.787. The molecule has 1 aliphatic carbocycles. The van der Waals surface area contributed by atoms with Crippen molar-refractivity contribution in [2.45, 2.75) is 31.8 Å². The quantitative estimate of drug-likeness (QED) is 0.545. The Bertz CT molecular complexity index is 923. The fourth-order valence-corrected chi connectivity index (χ4v) is 3.17. The number of nitrogens with zero attached hydrogens (tertiary/aromatic N) is 2. The summed E-state index contributed by atoms with van der Waals surface area (Å²) in [5.41, 5.74) is -0.897. The summed E-state index contributed by atoms with van der Waals surface area (Å²) in [6, 6.07) is 7.60. The van der Waals surface area contributed by atoms with Crippen molar-refractivity contribution >= 4 is 23.0 Å². The zero-order chi connectivity index (χ0) is 21.0. The topological polar surface area (TPSA) is 134 Å². The Balaban J connectivity index is 1.84. The summed E-state index contributed by atoms with van der Waals surface area (Å²) < 4.78 is 11.3. The predicted molar refractivity (Wildman–Crippen MR) is 104 cm³/mol. The summed E-state index contributed by atoms with van der Waals surface area (Å²) in [5, 5.41) is 24.6. The molecule has 2 aromatic rings. The average molecular weight is 401 g/mol. The second kappa shape index (κ2) is 8.55. The van der Waals surface area contributed by atoms with E-state index in [2.05, 4.69) is 5.32 Å². The largest absolute Gasteiger partial charge is 0.493 e. The lowest BCUT2D eigenvalue weighted by Gasteiger charge is -2.17. The summed E-state index contributed by atoms with van der Waals surface area (Å²) in [6.45, 7) is 0. The zero-order valence-corrected chi connectivity index (χ0v) is 15.6. The highest BCUT2D eigenvalue weighted by Crippen LogP contribution is 2.34. The first-order chi connectivity index (χ1) is 13.9. The van der Waals surface area contributed by atoms with Gasteiger partial charge in [0.2, 0.25) is 0 Å². The first kappa shape index (κ1) is 20.1. The molecule has 152 valence electrons. The SMILES string of the molecule is COc1ccc(NC(=O)c2cc([N+](=O)[O-])cc([N+](=O)[O-])c2)cc1OC1CCCC1. The number of nitrogens with one attached hydrogen (secondary N) is 1. The maximum Gasteiger partial charge on any atom is 0.277 e. The van der Waals surface area contributed by atoms with Gasteiger partial charge in [-0.1, -0.05) is 0 Å². The Morgan fingerprint density at radius 2 is 1.62 bits per heavy atom. The van der Waals surface area contributed by atoms with Gasteiger partial charge in [0.15, 0.2) is 11.5 Å². The highest BCUT2D eigenvalue weighted by Gasteiger charge is 2.21. The van der Waals surface area contributed by atoms with Crippen molar-refractivity contribution in [1.29, 1.82) is 0 Å². The van der Waals surface area contributed by atoms with Crippen LogP contribution in [0.25, 0.3) is 0 Å². The molecule has 1 saturated carbocycles. The van der Waals surface area contributed by atoms with Crippen LogP contribution in [-0.4, -0.2) is 29.0 Å². The van der Waals surface area contributed by atoms with E-state index in [9.17, 15) is 25.0 Å². The number of non-ortho nitro benzene ring substituents is 2. The lowest BCUT2D eigenvalue weighted by molar-refractivity contribution is -0.394. The lowest BCUT2D eigenvalue weighted by Crippen LogP contribution is -2.14. The summed E-state index contributed by atoms with van der Waals surface area (Å²) in [7, 11) is 1.51. The van der Waals surface area contributed by atoms with Gasteiger partial charge in [0.1, 0.15) is 0 Å². The highest BCUT2D eigenvalue weighted by atomic mass is 16.6. The van der Waals surface area contributed by atoms with E-state index in [0.717, 1.165) is 43.9 Å². The summed E-state index contributed by atoms with van der Waals surface area (Å²) >= 11 is 0. The molecule has 0 bridgehead atoms. The molecule has 10 nitrogen and oxygen atoms in total. The van der Waals surface area contributed by atoms with Crippen molar-refractivity contribution in [1.82, 2.24) is 0 Å². The van der Waals surface area contributed by atoms with Crippen LogP contribution in [0.15, 0.2) is 36.4 Å². The van der Waals surface area contributed by atoms with Gasteiger partial charge in [0, 0.05) is 23.9 Å². The third-order valence-electron chi connectivity index (χ3n) is 4.60. The second-order valence-electron chi connectivity index (χ2n) is 6.60. The number of carbonyl (C=O) groups is 1. The van der Waals surface area contributed by atoms with Gasteiger partial charge in [-0.25, -0.2) is 0 Å². The van der Waals surface area contributed by atoms with E-state index in [4.69, 9.17) is 9.47 Å². The zero-order valence-electron chi connectivity index (χ0n) is 15.6. The summed E-state index contributed by atoms with van der Waals surface area (Å²) in [4.78, 5) is 33.0. The Hall–Kier alpha value is -3.69. The van der Waals surface area contributed by atoms with Crippen molar-refractivity contribution in [2.75, 3.05) is 12.4 Å². The van der Waals surface area contributed by atoms with Gasteiger partial charge in [-0.2, -0.15) is 0 Å². The Morgan fingerprint density at radius 1 is 1.00 bits per heavy atom. The van der Waals surface area contributed by atoms with Crippen molar-refractivity contribution in [3.05, 3.63) is 62.2 Å². The number of methoxy groups -OCH3 is 1. The molecule has 10 heteroatoms. The molecule has 0 unspecified atom stereocenters. The molecule has 0 spiro atoms. The number of ether oxygens (including phenoxy) is 2. The van der Waals surface area contributed by atoms with Crippen LogP contribution in [0.1, 0.15) is 36.0 Å². The van der Waals surface area contributed by atoms with E-state index >= 15 is 0 Å². The molecule has 0 aliphatic heterocycles. The van der Waals surface area contributed by atoms with E-state index in [1.54, 1.807) is 18.2 Å². The maximum absolute atomic E-state index is 12.5. The van der Waals surface area contributed by atoms with Gasteiger partial charge >= 0.3 is 0 Å². The molecule has 0 heterocycles. The van der Waals surface area contributed by atoms with Crippen molar-refractivity contribution in [2.24, 2.45) is 0 Å². The van der Waals surface area contributed by atoms with Gasteiger partial charge in [-0.15, -0.1) is 0 Å². The monoisotopic (exact) mass is 401 g/mol. The first-order valence-corrected chi connectivity index (χ1v) is 8.97. The molecule has 2 aromatic carbocycles. The van der Waals surface area contributed by atoms with Crippen LogP contribution in [0.3, 0.4) is 0 Å². The number of benzene rings is 2. The number of nitro groups is 2. The fraction of sp³-hybridized carbons (Fsp3) is 0.316. The summed E-state index contributed by atoms with van der Waals surface area (Å²) in [5.74, 6) is 0.275. The molecule has 1 N–H and O–H groups in total. The van der Waals surface area contributed by atoms with E-state index in [-0.39, 0.29) is 11.7 Å². The van der Waals surface area contributed by atoms with Crippen LogP contribution in [0.2, 0.25) is 0 Å². The molecular weight excluding hydrogens is 382 g/mol. The number of carbonyl (C=O) groups excluding carboxylic acids is 1. The van der Waals surface area contributed by atoms with Crippen LogP contribution in [0.4, 0.5) is 17.1 Å². The molecule has 1 amide bonds. The van der Waals surface area contributed by atoms with Crippen molar-refractivity contribution < 1.29 is 24.1 Å². The lowest BCUT2D eigenvalue weighted by atomic mass is 10.1. The Kier molecular flexibility index (Phi) is 5.91. The minimum Gasteiger partial charge on any atom is -0.493 e. The molecule has 0 radical (unpaired) electrons. The number of rotatable bonds is 7. The number of hydrogen-bond acceptors (Lipinski definition) is 7. The molecule has 1 fully saturated rings. The van der Waals surface area contributed by atoms with Gasteiger partial charge in [-0.05, 0) is 37.8 Å².